The number of aliphatic imine (C=N–C) groups is 1. The van der Waals surface area contributed by atoms with Gasteiger partial charge in [-0.1, -0.05) is 0 Å². The number of rotatable bonds is 6. The zero-order valence-corrected chi connectivity index (χ0v) is 15.6. The van der Waals surface area contributed by atoms with Gasteiger partial charge in [0.05, 0.1) is 19.1 Å². The number of ether oxygens (including phenoxy) is 1. The van der Waals surface area contributed by atoms with Gasteiger partial charge in [0, 0.05) is 23.7 Å². The molecule has 1 aromatic heterocycles. The standard InChI is InChI=1S/C17H28N4O2S/c1-4-18-17(20-11-15-19-10-12(3)24-15)21-14-8-6-13(7-9-14)16(22)23-5-2/h10,13-14H,4-9,11H2,1-3H3,(H2,18,20,21). The molecule has 2 rings (SSSR count). The summed E-state index contributed by atoms with van der Waals surface area (Å²) in [7, 11) is 0. The van der Waals surface area contributed by atoms with E-state index in [2.05, 4.69) is 34.5 Å². The fourth-order valence-electron chi connectivity index (χ4n) is 2.87. The average Bonchev–Trinajstić information content (AvgIpc) is 2.99. The molecule has 0 aromatic carbocycles. The molecule has 1 aliphatic carbocycles. The van der Waals surface area contributed by atoms with Crippen molar-refractivity contribution >= 4 is 23.3 Å². The van der Waals surface area contributed by atoms with Gasteiger partial charge in [-0.05, 0) is 46.5 Å². The lowest BCUT2D eigenvalue weighted by molar-refractivity contribution is -0.149. The van der Waals surface area contributed by atoms with Gasteiger partial charge in [-0.3, -0.25) is 4.79 Å². The summed E-state index contributed by atoms with van der Waals surface area (Å²) in [5.41, 5.74) is 0. The van der Waals surface area contributed by atoms with E-state index in [4.69, 9.17) is 4.74 Å². The Bertz CT molecular complexity index is 551. The number of esters is 1. The lowest BCUT2D eigenvalue weighted by Crippen LogP contribution is -2.45. The Labute approximate surface area is 148 Å². The number of hydrogen-bond acceptors (Lipinski definition) is 5. The number of aromatic nitrogens is 1. The number of nitrogens with zero attached hydrogens (tertiary/aromatic N) is 2. The fourth-order valence-corrected chi connectivity index (χ4v) is 3.58. The maximum absolute atomic E-state index is 11.8. The fraction of sp³-hybridized carbons (Fsp3) is 0.706. The van der Waals surface area contributed by atoms with Gasteiger partial charge in [-0.25, -0.2) is 9.98 Å². The van der Waals surface area contributed by atoms with E-state index in [-0.39, 0.29) is 11.9 Å². The zero-order chi connectivity index (χ0) is 17.4. The van der Waals surface area contributed by atoms with Crippen molar-refractivity contribution < 1.29 is 9.53 Å². The van der Waals surface area contributed by atoms with Crippen LogP contribution in [0.15, 0.2) is 11.2 Å². The van der Waals surface area contributed by atoms with Crippen molar-refractivity contribution in [1.29, 1.82) is 0 Å². The van der Waals surface area contributed by atoms with Crippen LogP contribution in [0, 0.1) is 12.8 Å². The Morgan fingerprint density at radius 3 is 2.71 bits per heavy atom. The molecule has 0 saturated heterocycles. The molecular weight excluding hydrogens is 324 g/mol. The monoisotopic (exact) mass is 352 g/mol. The minimum atomic E-state index is -0.0457. The Morgan fingerprint density at radius 1 is 1.38 bits per heavy atom. The highest BCUT2D eigenvalue weighted by Crippen LogP contribution is 2.25. The summed E-state index contributed by atoms with van der Waals surface area (Å²) in [4.78, 5) is 22.0. The van der Waals surface area contributed by atoms with Crippen molar-refractivity contribution in [1.82, 2.24) is 15.6 Å². The number of aryl methyl sites for hydroxylation is 1. The SMILES string of the molecule is CCNC(=NCc1ncc(C)s1)NC1CCC(C(=O)OCC)CC1. The van der Waals surface area contributed by atoms with Crippen molar-refractivity contribution in [2.45, 2.75) is 59.0 Å². The second kappa shape index (κ2) is 9.61. The van der Waals surface area contributed by atoms with Gasteiger partial charge in [-0.2, -0.15) is 0 Å². The smallest absolute Gasteiger partial charge is 0.308 e. The molecule has 2 N–H and O–H groups in total. The molecule has 0 unspecified atom stereocenters. The zero-order valence-electron chi connectivity index (χ0n) is 14.8. The van der Waals surface area contributed by atoms with E-state index in [0.29, 0.717) is 19.2 Å². The lowest BCUT2D eigenvalue weighted by Gasteiger charge is -2.29. The summed E-state index contributed by atoms with van der Waals surface area (Å²) in [6, 6.07) is 0.353. The van der Waals surface area contributed by atoms with Gasteiger partial charge in [0.1, 0.15) is 5.01 Å². The first-order chi connectivity index (χ1) is 11.6. The highest BCUT2D eigenvalue weighted by atomic mass is 32.1. The van der Waals surface area contributed by atoms with E-state index in [1.165, 1.54) is 4.88 Å². The van der Waals surface area contributed by atoms with Crippen LogP contribution in [-0.2, 0) is 16.1 Å². The van der Waals surface area contributed by atoms with Crippen LogP contribution < -0.4 is 10.6 Å². The molecule has 0 aliphatic heterocycles. The molecule has 134 valence electrons. The number of hydrogen-bond donors (Lipinski definition) is 2. The third-order valence-electron chi connectivity index (χ3n) is 4.07. The third kappa shape index (κ3) is 5.78. The van der Waals surface area contributed by atoms with Crippen LogP contribution >= 0.6 is 11.3 Å². The Balaban J connectivity index is 1.84. The predicted octanol–water partition coefficient (Wildman–Crippen LogP) is 2.63. The van der Waals surface area contributed by atoms with Gasteiger partial charge in [0.2, 0.25) is 0 Å². The molecule has 0 amide bonds. The molecule has 24 heavy (non-hydrogen) atoms. The predicted molar refractivity (Wildman–Crippen MR) is 97.2 cm³/mol. The highest BCUT2D eigenvalue weighted by molar-refractivity contribution is 7.11. The van der Waals surface area contributed by atoms with Crippen molar-refractivity contribution in [2.75, 3.05) is 13.2 Å². The molecule has 6 nitrogen and oxygen atoms in total. The summed E-state index contributed by atoms with van der Waals surface area (Å²) < 4.78 is 5.12. The molecule has 0 radical (unpaired) electrons. The van der Waals surface area contributed by atoms with Gasteiger partial charge in [0.15, 0.2) is 5.96 Å². The van der Waals surface area contributed by atoms with Crippen molar-refractivity contribution in [3.05, 3.63) is 16.1 Å². The van der Waals surface area contributed by atoms with Crippen LogP contribution in [0.25, 0.3) is 0 Å². The minimum absolute atomic E-state index is 0.0457. The number of thiazole rings is 1. The highest BCUT2D eigenvalue weighted by Gasteiger charge is 2.27. The van der Waals surface area contributed by atoms with Crippen LogP contribution in [0.5, 0.6) is 0 Å². The number of nitrogens with one attached hydrogen (secondary N) is 2. The van der Waals surface area contributed by atoms with Gasteiger partial charge >= 0.3 is 5.97 Å². The lowest BCUT2D eigenvalue weighted by atomic mass is 9.86. The molecule has 0 bridgehead atoms. The number of carbonyl (C=O) groups excluding carboxylic acids is 1. The van der Waals surface area contributed by atoms with E-state index in [0.717, 1.165) is 43.2 Å². The van der Waals surface area contributed by atoms with Crippen LogP contribution in [0.4, 0.5) is 0 Å². The first-order valence-corrected chi connectivity index (χ1v) is 9.56. The molecular formula is C17H28N4O2S. The minimum Gasteiger partial charge on any atom is -0.466 e. The van der Waals surface area contributed by atoms with Gasteiger partial charge in [0.25, 0.3) is 0 Å². The van der Waals surface area contributed by atoms with E-state index in [1.54, 1.807) is 11.3 Å². The van der Waals surface area contributed by atoms with E-state index < -0.39 is 0 Å². The van der Waals surface area contributed by atoms with Crippen molar-refractivity contribution in [3.8, 4) is 0 Å². The van der Waals surface area contributed by atoms with E-state index in [9.17, 15) is 4.79 Å². The molecule has 1 aromatic rings. The normalized spacial score (nSPS) is 21.4. The third-order valence-corrected chi connectivity index (χ3v) is 4.97. The molecule has 1 heterocycles. The van der Waals surface area contributed by atoms with Crippen LogP contribution in [0.2, 0.25) is 0 Å². The Kier molecular flexibility index (Phi) is 7.49. The first kappa shape index (κ1) is 18.7. The molecule has 1 fully saturated rings. The average molecular weight is 353 g/mol. The van der Waals surface area contributed by atoms with E-state index >= 15 is 0 Å². The maximum atomic E-state index is 11.8. The maximum Gasteiger partial charge on any atom is 0.308 e. The van der Waals surface area contributed by atoms with Crippen molar-refractivity contribution in [3.63, 3.8) is 0 Å². The van der Waals surface area contributed by atoms with Crippen LogP contribution in [0.3, 0.4) is 0 Å². The van der Waals surface area contributed by atoms with Gasteiger partial charge < -0.3 is 15.4 Å². The number of guanidine groups is 1. The van der Waals surface area contributed by atoms with Crippen molar-refractivity contribution in [2.24, 2.45) is 10.9 Å². The van der Waals surface area contributed by atoms with Crippen LogP contribution in [0.1, 0.15) is 49.4 Å². The molecule has 0 spiro atoms. The van der Waals surface area contributed by atoms with Crippen LogP contribution in [-0.4, -0.2) is 36.1 Å². The summed E-state index contributed by atoms with van der Waals surface area (Å²) >= 11 is 1.68. The summed E-state index contributed by atoms with van der Waals surface area (Å²) in [5.74, 6) is 0.835. The second-order valence-electron chi connectivity index (χ2n) is 6.00. The first-order valence-electron chi connectivity index (χ1n) is 8.75. The molecule has 1 aliphatic rings. The number of carbonyl (C=O) groups is 1. The summed E-state index contributed by atoms with van der Waals surface area (Å²) in [5, 5.41) is 7.80. The Hall–Kier alpha value is -1.63. The molecule has 1 saturated carbocycles. The Morgan fingerprint density at radius 2 is 2.12 bits per heavy atom. The molecule has 0 atom stereocenters. The van der Waals surface area contributed by atoms with E-state index in [1.807, 2.05) is 13.1 Å². The quantitative estimate of drug-likeness (QED) is 0.468. The second-order valence-corrected chi connectivity index (χ2v) is 7.32. The molecule has 7 heteroatoms. The topological polar surface area (TPSA) is 75.6 Å². The summed E-state index contributed by atoms with van der Waals surface area (Å²) in [6.07, 6.45) is 5.56. The summed E-state index contributed by atoms with van der Waals surface area (Å²) in [6.45, 7) is 7.84. The largest absolute Gasteiger partial charge is 0.466 e. The van der Waals surface area contributed by atoms with Gasteiger partial charge in [-0.15, -0.1) is 11.3 Å².